The van der Waals surface area contributed by atoms with Crippen LogP contribution in [0.15, 0.2) is 36.0 Å². The van der Waals surface area contributed by atoms with Crippen molar-refractivity contribution < 1.29 is 38.4 Å². The Morgan fingerprint density at radius 1 is 1.16 bits per heavy atom. The average Bonchev–Trinajstić information content (AvgIpc) is 3.74. The van der Waals surface area contributed by atoms with E-state index in [0.29, 0.717) is 19.4 Å². The molecular weight excluding hydrogens is 554 g/mol. The number of likely N-dealkylation sites (tertiary alicyclic amines) is 1. The quantitative estimate of drug-likeness (QED) is 0.196. The number of ether oxygens (including phenoxy) is 4. The maximum Gasteiger partial charge on any atom is 0.410 e. The molecule has 1 spiro atoms. The number of amides is 3. The fraction of sp³-hybridized carbons (Fsp3) is 0.719. The van der Waals surface area contributed by atoms with Gasteiger partial charge in [-0.2, -0.15) is 0 Å². The second kappa shape index (κ2) is 14.8. The molecule has 43 heavy (non-hydrogen) atoms. The van der Waals surface area contributed by atoms with Gasteiger partial charge >= 0.3 is 6.09 Å². The summed E-state index contributed by atoms with van der Waals surface area (Å²) in [7, 11) is 0. The van der Waals surface area contributed by atoms with Gasteiger partial charge in [-0.3, -0.25) is 9.59 Å². The summed E-state index contributed by atoms with van der Waals surface area (Å²) in [4.78, 5) is 38.0. The van der Waals surface area contributed by atoms with Crippen molar-refractivity contribution in [1.82, 2.24) is 10.2 Å². The Morgan fingerprint density at radius 2 is 1.88 bits per heavy atom. The van der Waals surface area contributed by atoms with Crippen LogP contribution in [-0.4, -0.2) is 95.9 Å². The Balaban J connectivity index is 1.21. The number of nitrogens with one attached hydrogen (secondary N) is 1. The number of carbonyl (C=O) groups is 3. The van der Waals surface area contributed by atoms with Crippen molar-refractivity contribution >= 4 is 17.9 Å². The van der Waals surface area contributed by atoms with E-state index in [1.54, 1.807) is 17.9 Å². The van der Waals surface area contributed by atoms with Crippen molar-refractivity contribution in [2.75, 3.05) is 19.7 Å². The molecule has 0 aromatic heterocycles. The third kappa shape index (κ3) is 9.38. The highest BCUT2D eigenvalue weighted by Gasteiger charge is 2.58. The number of nitrogens with zero attached hydrogens (tertiary/aromatic N) is 1. The minimum atomic E-state index is -0.803. The van der Waals surface area contributed by atoms with Crippen molar-refractivity contribution in [3.05, 3.63) is 36.0 Å². The van der Waals surface area contributed by atoms with Crippen LogP contribution in [0.4, 0.5) is 4.79 Å². The molecule has 11 nitrogen and oxygen atoms in total. The monoisotopic (exact) mass is 603 g/mol. The lowest BCUT2D eigenvalue weighted by molar-refractivity contribution is -0.143. The zero-order valence-corrected chi connectivity index (χ0v) is 25.9. The maximum absolute atomic E-state index is 12.6. The van der Waals surface area contributed by atoms with Gasteiger partial charge in [0.15, 0.2) is 0 Å². The second-order valence-corrected chi connectivity index (χ2v) is 12.6. The molecule has 4 N–H and O–H groups in total. The lowest BCUT2D eigenvalue weighted by atomic mass is 9.87. The molecule has 0 radical (unpaired) electrons. The van der Waals surface area contributed by atoms with E-state index in [4.69, 9.17) is 24.7 Å². The van der Waals surface area contributed by atoms with E-state index in [1.807, 2.05) is 26.0 Å². The predicted molar refractivity (Wildman–Crippen MR) is 160 cm³/mol. The van der Waals surface area contributed by atoms with Gasteiger partial charge in [-0.15, -0.1) is 0 Å². The van der Waals surface area contributed by atoms with E-state index >= 15 is 0 Å². The smallest absolute Gasteiger partial charge is 0.410 e. The van der Waals surface area contributed by atoms with Crippen LogP contribution < -0.4 is 11.1 Å². The lowest BCUT2D eigenvalue weighted by Crippen LogP contribution is -2.50. The first-order valence-electron chi connectivity index (χ1n) is 15.7. The first kappa shape index (κ1) is 33.2. The Hall–Kier alpha value is -2.73. The molecule has 0 saturated carbocycles. The Labute approximate surface area is 254 Å². The number of piperidine rings is 1. The van der Waals surface area contributed by atoms with Crippen LogP contribution in [0.1, 0.15) is 72.6 Å². The Morgan fingerprint density at radius 3 is 2.56 bits per heavy atom. The van der Waals surface area contributed by atoms with Gasteiger partial charge in [0.2, 0.25) is 11.8 Å². The molecule has 9 atom stereocenters. The average molecular weight is 604 g/mol. The summed E-state index contributed by atoms with van der Waals surface area (Å²) in [5.74, 6) is -0.463. The molecule has 4 rings (SSSR count). The first-order valence-corrected chi connectivity index (χ1v) is 15.7. The number of allylic oxidation sites excluding steroid dienone is 2. The second-order valence-electron chi connectivity index (χ2n) is 12.6. The molecule has 4 heterocycles. The summed E-state index contributed by atoms with van der Waals surface area (Å²) >= 11 is 0. The molecule has 4 saturated heterocycles. The number of aliphatic hydroxyl groups excluding tert-OH is 1. The molecule has 4 aliphatic rings. The number of hydrogen-bond donors (Lipinski definition) is 3. The molecule has 0 aromatic rings. The molecule has 1 unspecified atom stereocenters. The number of nitrogens with two attached hydrogens (primary N) is 1. The highest BCUT2D eigenvalue weighted by Crippen LogP contribution is 2.43. The van der Waals surface area contributed by atoms with Crippen LogP contribution in [0.3, 0.4) is 0 Å². The van der Waals surface area contributed by atoms with Crippen LogP contribution in [0.5, 0.6) is 0 Å². The van der Waals surface area contributed by atoms with E-state index in [1.165, 1.54) is 6.08 Å². The maximum atomic E-state index is 12.6. The normalized spacial score (nSPS) is 35.7. The summed E-state index contributed by atoms with van der Waals surface area (Å²) in [6, 6.07) is -0.130. The molecular formula is C32H49N3O8. The van der Waals surface area contributed by atoms with E-state index in [0.717, 1.165) is 44.3 Å². The van der Waals surface area contributed by atoms with Crippen molar-refractivity contribution in [1.29, 1.82) is 0 Å². The van der Waals surface area contributed by atoms with E-state index in [9.17, 15) is 19.5 Å². The summed E-state index contributed by atoms with van der Waals surface area (Å²) in [6.45, 7) is 9.70. The van der Waals surface area contributed by atoms with E-state index in [2.05, 4.69) is 18.3 Å². The van der Waals surface area contributed by atoms with Crippen LogP contribution in [0, 0.1) is 5.92 Å². The SMILES string of the molecule is CC(/C=C/[C@H]1O[C@H](CC(N)=O)CC2(CO2)[C@@H]1O)=C\C[C@@H]1O[C@H](C)[C@H](NC(=O)/C=C\[C@H](C)OC(=O)N2CCCCC2)C[C@@H]1C. The van der Waals surface area contributed by atoms with Crippen LogP contribution >= 0.6 is 0 Å². The summed E-state index contributed by atoms with van der Waals surface area (Å²) < 4.78 is 23.2. The molecule has 4 fully saturated rings. The fourth-order valence-electron chi connectivity index (χ4n) is 6.16. The lowest BCUT2D eigenvalue weighted by Gasteiger charge is -2.39. The first-order chi connectivity index (χ1) is 20.5. The van der Waals surface area contributed by atoms with Gasteiger partial charge in [0.25, 0.3) is 0 Å². The van der Waals surface area contributed by atoms with Gasteiger partial charge in [0.05, 0.1) is 37.4 Å². The van der Waals surface area contributed by atoms with E-state index in [-0.39, 0.29) is 48.7 Å². The van der Waals surface area contributed by atoms with Gasteiger partial charge in [-0.25, -0.2) is 4.79 Å². The minimum Gasteiger partial charge on any atom is -0.442 e. The predicted octanol–water partition coefficient (Wildman–Crippen LogP) is 2.91. The van der Waals surface area contributed by atoms with Crippen LogP contribution in [0.2, 0.25) is 0 Å². The summed E-state index contributed by atoms with van der Waals surface area (Å²) in [5, 5.41) is 13.8. The van der Waals surface area contributed by atoms with Crippen LogP contribution in [-0.2, 0) is 28.5 Å². The minimum absolute atomic E-state index is 0.00383. The van der Waals surface area contributed by atoms with Gasteiger partial charge < -0.3 is 40.0 Å². The zero-order valence-electron chi connectivity index (χ0n) is 25.9. The molecule has 0 aliphatic carbocycles. The molecule has 3 amide bonds. The fourth-order valence-corrected chi connectivity index (χ4v) is 6.16. The molecule has 11 heteroatoms. The third-order valence-electron chi connectivity index (χ3n) is 8.90. The Kier molecular flexibility index (Phi) is 11.4. The van der Waals surface area contributed by atoms with Gasteiger partial charge in [-0.05, 0) is 64.9 Å². The van der Waals surface area contributed by atoms with Crippen LogP contribution in [0.25, 0.3) is 0 Å². The standard InChI is InChI=1S/C32H49N3O8/c1-20(9-12-27-30(38)32(19-40-32)18-24(43-27)17-28(33)36)8-11-26-21(2)16-25(23(4)42-26)34-29(37)13-10-22(3)41-31(39)35-14-6-5-7-15-35/h8-10,12-13,21-27,30,38H,5-7,11,14-19H2,1-4H3,(H2,33,36)(H,34,37)/b12-9+,13-10-,20-8+/t21-,22-,23+,24+,25+,26-,27+,30+,32?/m0/s1. The van der Waals surface area contributed by atoms with Gasteiger partial charge in [0.1, 0.15) is 23.9 Å². The summed E-state index contributed by atoms with van der Waals surface area (Å²) in [5.41, 5.74) is 5.71. The van der Waals surface area contributed by atoms with Crippen molar-refractivity contribution in [3.8, 4) is 0 Å². The van der Waals surface area contributed by atoms with Crippen molar-refractivity contribution in [2.24, 2.45) is 11.7 Å². The number of carbonyl (C=O) groups excluding carboxylic acids is 3. The number of epoxide rings is 1. The third-order valence-corrected chi connectivity index (χ3v) is 8.90. The number of hydrogen-bond acceptors (Lipinski definition) is 8. The Bertz CT molecular complexity index is 1080. The highest BCUT2D eigenvalue weighted by atomic mass is 16.6. The van der Waals surface area contributed by atoms with Gasteiger partial charge in [0, 0.05) is 25.6 Å². The van der Waals surface area contributed by atoms with Crippen molar-refractivity contribution in [2.45, 2.75) is 121 Å². The molecule has 0 aromatic carbocycles. The largest absolute Gasteiger partial charge is 0.442 e. The van der Waals surface area contributed by atoms with E-state index < -0.39 is 29.8 Å². The molecule has 4 aliphatic heterocycles. The molecule has 240 valence electrons. The number of primary amides is 1. The van der Waals surface area contributed by atoms with Gasteiger partial charge in [-0.1, -0.05) is 30.7 Å². The number of aliphatic hydroxyl groups is 1. The zero-order chi connectivity index (χ0) is 31.1. The highest BCUT2D eigenvalue weighted by molar-refractivity contribution is 5.87. The number of rotatable bonds is 10. The molecule has 0 bridgehead atoms. The topological polar surface area (TPSA) is 153 Å². The summed E-state index contributed by atoms with van der Waals surface area (Å²) in [6.07, 6.45) is 11.2. The van der Waals surface area contributed by atoms with Crippen molar-refractivity contribution in [3.63, 3.8) is 0 Å².